The molecule has 214 valence electrons. The minimum atomic E-state index is -4.37. The van der Waals surface area contributed by atoms with Crippen molar-refractivity contribution in [3.63, 3.8) is 0 Å². The molecule has 2 saturated heterocycles. The van der Waals surface area contributed by atoms with Crippen LogP contribution in [0.4, 0.5) is 18.9 Å². The van der Waals surface area contributed by atoms with Gasteiger partial charge in [0.1, 0.15) is 0 Å². The lowest BCUT2D eigenvalue weighted by Crippen LogP contribution is -2.52. The van der Waals surface area contributed by atoms with Gasteiger partial charge < -0.3 is 14.3 Å². The molecule has 0 radical (unpaired) electrons. The van der Waals surface area contributed by atoms with Crippen molar-refractivity contribution in [1.82, 2.24) is 19.9 Å². The fourth-order valence-corrected chi connectivity index (χ4v) is 5.47. The monoisotopic (exact) mass is 555 g/mol. The standard InChI is InChI=1S/C30H36F3N5O2/c1-29(2,3)23-11-9-21(10-12-23)27-34-26(40-35-27)20-36-13-5-6-22(19-36)28(39)38-16-14-37(15-17-38)25-8-4-7-24(18-25)30(31,32)33/h4,7-12,18,22H,5-6,13-17,19-20H2,1-3H3. The number of anilines is 1. The van der Waals surface area contributed by atoms with E-state index in [0.717, 1.165) is 31.0 Å². The number of benzene rings is 2. The van der Waals surface area contributed by atoms with Gasteiger partial charge in [-0.2, -0.15) is 18.2 Å². The topological polar surface area (TPSA) is 65.7 Å². The number of amides is 1. The molecule has 5 rings (SSSR count). The smallest absolute Gasteiger partial charge is 0.368 e. The molecule has 0 N–H and O–H groups in total. The predicted octanol–water partition coefficient (Wildman–Crippen LogP) is 5.61. The van der Waals surface area contributed by atoms with Crippen LogP contribution in [0.15, 0.2) is 53.1 Å². The minimum absolute atomic E-state index is 0.0688. The Balaban J connectivity index is 1.14. The molecule has 2 aromatic carbocycles. The van der Waals surface area contributed by atoms with Gasteiger partial charge in [-0.3, -0.25) is 9.69 Å². The zero-order chi connectivity index (χ0) is 28.5. The quantitative estimate of drug-likeness (QED) is 0.408. The molecule has 0 spiro atoms. The molecule has 0 bridgehead atoms. The molecule has 10 heteroatoms. The molecule has 3 aromatic rings. The Morgan fingerprint density at radius 3 is 2.38 bits per heavy atom. The van der Waals surface area contributed by atoms with Gasteiger partial charge in [-0.25, -0.2) is 0 Å². The van der Waals surface area contributed by atoms with Crippen molar-refractivity contribution in [2.24, 2.45) is 5.92 Å². The first-order valence-electron chi connectivity index (χ1n) is 13.8. The number of hydrogen-bond acceptors (Lipinski definition) is 6. The van der Waals surface area contributed by atoms with E-state index in [4.69, 9.17) is 4.52 Å². The summed E-state index contributed by atoms with van der Waals surface area (Å²) < 4.78 is 44.9. The van der Waals surface area contributed by atoms with Crippen LogP contribution in [0, 0.1) is 5.92 Å². The second-order valence-corrected chi connectivity index (χ2v) is 11.8. The van der Waals surface area contributed by atoms with E-state index in [9.17, 15) is 18.0 Å². The van der Waals surface area contributed by atoms with Crippen LogP contribution in [0.5, 0.6) is 0 Å². The maximum Gasteiger partial charge on any atom is 0.416 e. The maximum atomic E-state index is 13.3. The summed E-state index contributed by atoms with van der Waals surface area (Å²) in [5.74, 6) is 1.07. The number of aromatic nitrogens is 2. The summed E-state index contributed by atoms with van der Waals surface area (Å²) in [6, 6.07) is 13.6. The fourth-order valence-electron chi connectivity index (χ4n) is 5.47. The summed E-state index contributed by atoms with van der Waals surface area (Å²) in [5, 5.41) is 4.17. The second-order valence-electron chi connectivity index (χ2n) is 11.8. The molecule has 1 atom stereocenters. The number of piperidine rings is 1. The van der Waals surface area contributed by atoms with E-state index in [1.54, 1.807) is 6.07 Å². The first kappa shape index (κ1) is 28.1. The van der Waals surface area contributed by atoms with Gasteiger partial charge in [0.05, 0.1) is 18.0 Å². The third-order valence-electron chi connectivity index (χ3n) is 7.82. The van der Waals surface area contributed by atoms with Crippen molar-refractivity contribution in [3.05, 3.63) is 65.5 Å². The molecule has 2 fully saturated rings. The lowest BCUT2D eigenvalue weighted by Gasteiger charge is -2.39. The van der Waals surface area contributed by atoms with E-state index in [2.05, 4.69) is 47.9 Å². The molecule has 40 heavy (non-hydrogen) atoms. The number of halogens is 3. The second kappa shape index (κ2) is 11.2. The Kier molecular flexibility index (Phi) is 7.90. The summed E-state index contributed by atoms with van der Waals surface area (Å²) in [6.07, 6.45) is -2.66. The van der Waals surface area contributed by atoms with Gasteiger partial charge in [-0.05, 0) is 48.6 Å². The van der Waals surface area contributed by atoms with E-state index in [1.807, 2.05) is 21.9 Å². The minimum Gasteiger partial charge on any atom is -0.368 e. The van der Waals surface area contributed by atoms with Crippen molar-refractivity contribution in [2.45, 2.75) is 51.7 Å². The highest BCUT2D eigenvalue weighted by atomic mass is 19.4. The van der Waals surface area contributed by atoms with Crippen LogP contribution in [0.2, 0.25) is 0 Å². The molecule has 1 amide bonds. The van der Waals surface area contributed by atoms with Gasteiger partial charge in [0.25, 0.3) is 0 Å². The van der Waals surface area contributed by atoms with Crippen LogP contribution in [0.1, 0.15) is 50.6 Å². The first-order chi connectivity index (χ1) is 19.0. The highest BCUT2D eigenvalue weighted by molar-refractivity contribution is 5.79. The Bertz CT molecular complexity index is 1310. The Morgan fingerprint density at radius 2 is 1.70 bits per heavy atom. The van der Waals surface area contributed by atoms with Crippen molar-refractivity contribution in [1.29, 1.82) is 0 Å². The van der Waals surface area contributed by atoms with Gasteiger partial charge in [0.15, 0.2) is 0 Å². The number of carbonyl (C=O) groups is 1. The molecule has 1 aromatic heterocycles. The van der Waals surface area contributed by atoms with Crippen LogP contribution in [-0.4, -0.2) is 65.1 Å². The van der Waals surface area contributed by atoms with E-state index >= 15 is 0 Å². The van der Waals surface area contributed by atoms with Gasteiger partial charge in [-0.15, -0.1) is 0 Å². The Hall–Kier alpha value is -3.40. The van der Waals surface area contributed by atoms with Crippen LogP contribution >= 0.6 is 0 Å². The van der Waals surface area contributed by atoms with Gasteiger partial charge in [0.2, 0.25) is 17.6 Å². The van der Waals surface area contributed by atoms with E-state index in [0.29, 0.717) is 56.7 Å². The van der Waals surface area contributed by atoms with Crippen LogP contribution in [0.25, 0.3) is 11.4 Å². The SMILES string of the molecule is CC(C)(C)c1ccc(-c2noc(CN3CCCC(C(=O)N4CCN(c5cccc(C(F)(F)F)c5)CC4)C3)n2)cc1. The predicted molar refractivity (Wildman–Crippen MR) is 147 cm³/mol. The third kappa shape index (κ3) is 6.49. The van der Waals surface area contributed by atoms with Crippen LogP contribution in [0.3, 0.4) is 0 Å². The number of alkyl halides is 3. The molecule has 2 aliphatic rings. The number of piperazine rings is 1. The average Bonchev–Trinajstić information content (AvgIpc) is 3.40. The molecule has 0 aliphatic carbocycles. The molecule has 7 nitrogen and oxygen atoms in total. The van der Waals surface area contributed by atoms with E-state index in [-0.39, 0.29) is 17.2 Å². The number of rotatable bonds is 5. The van der Waals surface area contributed by atoms with E-state index < -0.39 is 11.7 Å². The molecule has 3 heterocycles. The number of nitrogens with zero attached hydrogens (tertiary/aromatic N) is 5. The largest absolute Gasteiger partial charge is 0.416 e. The maximum absolute atomic E-state index is 13.3. The van der Waals surface area contributed by atoms with Crippen molar-refractivity contribution < 1.29 is 22.5 Å². The number of carbonyl (C=O) groups excluding carboxylic acids is 1. The summed E-state index contributed by atoms with van der Waals surface area (Å²) in [6.45, 7) is 10.5. The van der Waals surface area contributed by atoms with Crippen LogP contribution in [-0.2, 0) is 22.9 Å². The average molecular weight is 556 g/mol. The number of hydrogen-bond donors (Lipinski definition) is 0. The van der Waals surface area contributed by atoms with Crippen molar-refractivity contribution >= 4 is 11.6 Å². The highest BCUT2D eigenvalue weighted by Crippen LogP contribution is 2.32. The molecule has 2 aliphatic heterocycles. The van der Waals surface area contributed by atoms with Crippen molar-refractivity contribution in [2.75, 3.05) is 44.2 Å². The molecular weight excluding hydrogens is 519 g/mol. The summed E-state index contributed by atoms with van der Waals surface area (Å²) >= 11 is 0. The Labute approximate surface area is 232 Å². The summed E-state index contributed by atoms with van der Waals surface area (Å²) in [4.78, 5) is 23.9. The van der Waals surface area contributed by atoms with Gasteiger partial charge in [0, 0.05) is 44.0 Å². The number of likely N-dealkylation sites (tertiary alicyclic amines) is 1. The zero-order valence-electron chi connectivity index (χ0n) is 23.2. The summed E-state index contributed by atoms with van der Waals surface area (Å²) in [7, 11) is 0. The fraction of sp³-hybridized carbons (Fsp3) is 0.500. The lowest BCUT2D eigenvalue weighted by molar-refractivity contribution is -0.138. The molecule has 1 unspecified atom stereocenters. The molecule has 0 saturated carbocycles. The lowest BCUT2D eigenvalue weighted by atomic mass is 9.87. The van der Waals surface area contributed by atoms with Crippen LogP contribution < -0.4 is 4.90 Å². The zero-order valence-corrected chi connectivity index (χ0v) is 23.2. The third-order valence-corrected chi connectivity index (χ3v) is 7.82. The normalized spacial score (nSPS) is 19.2. The Morgan fingerprint density at radius 1 is 0.975 bits per heavy atom. The van der Waals surface area contributed by atoms with E-state index in [1.165, 1.54) is 17.7 Å². The first-order valence-corrected chi connectivity index (χ1v) is 13.8. The van der Waals surface area contributed by atoms with Gasteiger partial charge in [-0.1, -0.05) is 56.3 Å². The van der Waals surface area contributed by atoms with Crippen molar-refractivity contribution in [3.8, 4) is 11.4 Å². The summed E-state index contributed by atoms with van der Waals surface area (Å²) in [5.41, 5.74) is 2.09. The highest BCUT2D eigenvalue weighted by Gasteiger charge is 2.33. The molecular formula is C30H36F3N5O2. The van der Waals surface area contributed by atoms with Gasteiger partial charge >= 0.3 is 6.18 Å².